The van der Waals surface area contributed by atoms with E-state index < -0.39 is 0 Å². The van der Waals surface area contributed by atoms with Crippen LogP contribution in [0.3, 0.4) is 0 Å². The zero-order valence-electron chi connectivity index (χ0n) is 9.22. The van der Waals surface area contributed by atoms with Crippen molar-refractivity contribution in [1.82, 2.24) is 4.90 Å². The molecular weight excluding hydrogens is 146 g/mol. The molecule has 1 heteroatoms. The van der Waals surface area contributed by atoms with Crippen LogP contribution in [0.25, 0.3) is 0 Å². The van der Waals surface area contributed by atoms with Crippen molar-refractivity contribution in [2.24, 2.45) is 0 Å². The molecule has 0 saturated heterocycles. The standard InChI is InChI=1S/C11H23N/c1-6-8-9-12(10(3)4)11(5)7-2/h7,10H,6,8-9H2,1-5H3/b11-7-. The Hall–Kier alpha value is -0.460. The molecule has 0 aromatic heterocycles. The van der Waals surface area contributed by atoms with Crippen molar-refractivity contribution in [2.75, 3.05) is 6.54 Å². The van der Waals surface area contributed by atoms with E-state index in [9.17, 15) is 0 Å². The van der Waals surface area contributed by atoms with Gasteiger partial charge in [0.15, 0.2) is 0 Å². The summed E-state index contributed by atoms with van der Waals surface area (Å²) in [7, 11) is 0. The molecule has 1 nitrogen and oxygen atoms in total. The number of hydrogen-bond donors (Lipinski definition) is 0. The van der Waals surface area contributed by atoms with E-state index >= 15 is 0 Å². The van der Waals surface area contributed by atoms with Crippen molar-refractivity contribution in [3.05, 3.63) is 11.8 Å². The molecule has 0 aromatic carbocycles. The second-order valence-electron chi connectivity index (χ2n) is 3.57. The number of nitrogens with zero attached hydrogens (tertiary/aromatic N) is 1. The quantitative estimate of drug-likeness (QED) is 0.609. The van der Waals surface area contributed by atoms with Crippen LogP contribution in [0.2, 0.25) is 0 Å². The van der Waals surface area contributed by atoms with Crippen molar-refractivity contribution in [3.63, 3.8) is 0 Å². The molecule has 0 radical (unpaired) electrons. The maximum Gasteiger partial charge on any atom is 0.0230 e. The average Bonchev–Trinajstić information content (AvgIpc) is 2.04. The number of rotatable bonds is 5. The summed E-state index contributed by atoms with van der Waals surface area (Å²) >= 11 is 0. The summed E-state index contributed by atoms with van der Waals surface area (Å²) in [4.78, 5) is 2.46. The van der Waals surface area contributed by atoms with Gasteiger partial charge in [0.05, 0.1) is 0 Å². The van der Waals surface area contributed by atoms with Crippen LogP contribution in [0.15, 0.2) is 11.8 Å². The van der Waals surface area contributed by atoms with E-state index in [0.29, 0.717) is 6.04 Å². The molecule has 0 N–H and O–H groups in total. The second-order valence-corrected chi connectivity index (χ2v) is 3.57. The normalized spacial score (nSPS) is 12.3. The molecule has 0 heterocycles. The van der Waals surface area contributed by atoms with Crippen molar-refractivity contribution in [1.29, 1.82) is 0 Å². The average molecular weight is 169 g/mol. The Bertz CT molecular complexity index is 136. The molecule has 12 heavy (non-hydrogen) atoms. The van der Waals surface area contributed by atoms with Gasteiger partial charge in [-0.15, -0.1) is 0 Å². The minimum absolute atomic E-state index is 0.632. The van der Waals surface area contributed by atoms with E-state index in [-0.39, 0.29) is 0 Å². The fourth-order valence-electron chi connectivity index (χ4n) is 1.34. The van der Waals surface area contributed by atoms with Gasteiger partial charge in [0.25, 0.3) is 0 Å². The number of unbranched alkanes of at least 4 members (excludes halogenated alkanes) is 1. The molecule has 0 unspecified atom stereocenters. The monoisotopic (exact) mass is 169 g/mol. The van der Waals surface area contributed by atoms with E-state index in [1.165, 1.54) is 25.1 Å². The first kappa shape index (κ1) is 11.5. The Morgan fingerprint density at radius 1 is 1.42 bits per heavy atom. The zero-order valence-corrected chi connectivity index (χ0v) is 9.22. The maximum absolute atomic E-state index is 2.46. The van der Waals surface area contributed by atoms with Gasteiger partial charge in [0, 0.05) is 18.3 Å². The van der Waals surface area contributed by atoms with Crippen molar-refractivity contribution >= 4 is 0 Å². The Balaban J connectivity index is 4.04. The van der Waals surface area contributed by atoms with E-state index in [1.807, 2.05) is 0 Å². The third-order valence-corrected chi connectivity index (χ3v) is 2.25. The largest absolute Gasteiger partial charge is 0.373 e. The summed E-state index contributed by atoms with van der Waals surface area (Å²) < 4.78 is 0. The molecule has 0 spiro atoms. The van der Waals surface area contributed by atoms with Crippen LogP contribution in [0.1, 0.15) is 47.5 Å². The maximum atomic E-state index is 2.46. The fraction of sp³-hybridized carbons (Fsp3) is 0.818. The van der Waals surface area contributed by atoms with Gasteiger partial charge in [0.1, 0.15) is 0 Å². The highest BCUT2D eigenvalue weighted by Gasteiger charge is 2.07. The first-order valence-corrected chi connectivity index (χ1v) is 5.03. The summed E-state index contributed by atoms with van der Waals surface area (Å²) in [6, 6.07) is 0.632. The minimum atomic E-state index is 0.632. The summed E-state index contributed by atoms with van der Waals surface area (Å²) in [5, 5.41) is 0. The fourth-order valence-corrected chi connectivity index (χ4v) is 1.34. The first-order valence-electron chi connectivity index (χ1n) is 5.03. The third kappa shape index (κ3) is 3.80. The van der Waals surface area contributed by atoms with Crippen molar-refractivity contribution < 1.29 is 0 Å². The lowest BCUT2D eigenvalue weighted by atomic mass is 10.2. The predicted molar refractivity (Wildman–Crippen MR) is 56.2 cm³/mol. The Morgan fingerprint density at radius 2 is 2.00 bits per heavy atom. The molecule has 72 valence electrons. The molecule has 0 rings (SSSR count). The first-order chi connectivity index (χ1) is 5.63. The zero-order chi connectivity index (χ0) is 9.56. The molecule has 0 atom stereocenters. The van der Waals surface area contributed by atoms with E-state index in [0.717, 1.165) is 0 Å². The second kappa shape index (κ2) is 6.10. The summed E-state index contributed by atoms with van der Waals surface area (Å²) in [6.45, 7) is 12.2. The van der Waals surface area contributed by atoms with Crippen LogP contribution in [0.4, 0.5) is 0 Å². The summed E-state index contributed by atoms with van der Waals surface area (Å²) in [5.74, 6) is 0. The van der Waals surface area contributed by atoms with Gasteiger partial charge in [-0.2, -0.15) is 0 Å². The van der Waals surface area contributed by atoms with Crippen LogP contribution in [-0.4, -0.2) is 17.5 Å². The van der Waals surface area contributed by atoms with Crippen molar-refractivity contribution in [3.8, 4) is 0 Å². The molecule has 0 saturated carbocycles. The molecule has 0 fully saturated rings. The summed E-state index contributed by atoms with van der Waals surface area (Å²) in [5.41, 5.74) is 1.40. The molecule has 0 aliphatic rings. The molecule has 0 amide bonds. The summed E-state index contributed by atoms with van der Waals surface area (Å²) in [6.07, 6.45) is 4.76. The van der Waals surface area contributed by atoms with Gasteiger partial charge >= 0.3 is 0 Å². The Morgan fingerprint density at radius 3 is 2.33 bits per heavy atom. The lowest BCUT2D eigenvalue weighted by molar-refractivity contribution is 0.279. The van der Waals surface area contributed by atoms with Crippen LogP contribution >= 0.6 is 0 Å². The van der Waals surface area contributed by atoms with E-state index in [1.54, 1.807) is 0 Å². The molecule has 0 aliphatic carbocycles. The van der Waals surface area contributed by atoms with Crippen LogP contribution in [-0.2, 0) is 0 Å². The highest BCUT2D eigenvalue weighted by Crippen LogP contribution is 2.09. The van der Waals surface area contributed by atoms with Gasteiger partial charge in [-0.3, -0.25) is 0 Å². The van der Waals surface area contributed by atoms with Gasteiger partial charge in [-0.25, -0.2) is 0 Å². The Labute approximate surface area is 77.5 Å². The van der Waals surface area contributed by atoms with Crippen LogP contribution in [0.5, 0.6) is 0 Å². The lowest BCUT2D eigenvalue weighted by Gasteiger charge is -2.29. The minimum Gasteiger partial charge on any atom is -0.373 e. The Kier molecular flexibility index (Phi) is 5.87. The molecular formula is C11H23N. The molecule has 0 aliphatic heterocycles. The highest BCUT2D eigenvalue weighted by molar-refractivity contribution is 4.96. The predicted octanol–water partition coefficient (Wildman–Crippen LogP) is 3.42. The highest BCUT2D eigenvalue weighted by atomic mass is 15.1. The molecule has 0 aromatic rings. The number of hydrogen-bond acceptors (Lipinski definition) is 1. The van der Waals surface area contributed by atoms with E-state index in [2.05, 4.69) is 45.6 Å². The van der Waals surface area contributed by atoms with Gasteiger partial charge in [-0.1, -0.05) is 19.4 Å². The SMILES string of the molecule is C/C=C(/C)N(CCCC)C(C)C. The number of allylic oxidation sites excluding steroid dienone is 2. The van der Waals surface area contributed by atoms with Crippen LogP contribution < -0.4 is 0 Å². The van der Waals surface area contributed by atoms with E-state index in [4.69, 9.17) is 0 Å². The van der Waals surface area contributed by atoms with Crippen molar-refractivity contribution in [2.45, 2.75) is 53.5 Å². The smallest absolute Gasteiger partial charge is 0.0230 e. The molecule has 0 bridgehead atoms. The van der Waals surface area contributed by atoms with Crippen LogP contribution in [0, 0.1) is 0 Å². The topological polar surface area (TPSA) is 3.24 Å². The third-order valence-electron chi connectivity index (χ3n) is 2.25. The van der Waals surface area contributed by atoms with Gasteiger partial charge in [-0.05, 0) is 34.1 Å². The van der Waals surface area contributed by atoms with Gasteiger partial charge < -0.3 is 4.90 Å². The lowest BCUT2D eigenvalue weighted by Crippen LogP contribution is -2.29. The van der Waals surface area contributed by atoms with Gasteiger partial charge in [0.2, 0.25) is 0 Å².